The highest BCUT2D eigenvalue weighted by Crippen LogP contribution is 2.35. The number of para-hydroxylation sites is 1. The maximum absolute atomic E-state index is 10.9. The van der Waals surface area contributed by atoms with Gasteiger partial charge in [0.25, 0.3) is 0 Å². The minimum atomic E-state index is -1.06. The van der Waals surface area contributed by atoms with Gasteiger partial charge in [0.15, 0.2) is 0 Å². The molecule has 0 aliphatic rings. The highest BCUT2D eigenvalue weighted by atomic mass is 127. The standard InChI is InChI=1S/C17H19IO2/c1-3-12-20-16-7-5-4-6-15(16)17(2,19)13-8-10-14(18)11-9-13/h4-11,19H,3,12H2,1-2H3. The predicted octanol–water partition coefficient (Wildman–Crippen LogP) is 4.34. The first-order chi connectivity index (χ1) is 9.55. The van der Waals surface area contributed by atoms with E-state index in [0.29, 0.717) is 6.61 Å². The fourth-order valence-corrected chi connectivity index (χ4v) is 2.50. The van der Waals surface area contributed by atoms with E-state index in [2.05, 4.69) is 29.5 Å². The Hall–Kier alpha value is -1.07. The first-order valence-corrected chi connectivity index (χ1v) is 7.84. The number of benzene rings is 2. The molecule has 2 aromatic carbocycles. The van der Waals surface area contributed by atoms with Gasteiger partial charge in [0, 0.05) is 9.13 Å². The maximum atomic E-state index is 10.9. The first-order valence-electron chi connectivity index (χ1n) is 6.76. The first kappa shape index (κ1) is 15.3. The maximum Gasteiger partial charge on any atom is 0.125 e. The van der Waals surface area contributed by atoms with E-state index in [1.54, 1.807) is 0 Å². The molecule has 1 unspecified atom stereocenters. The third-order valence-electron chi connectivity index (χ3n) is 3.28. The summed E-state index contributed by atoms with van der Waals surface area (Å²) in [6.07, 6.45) is 0.944. The average Bonchev–Trinajstić information content (AvgIpc) is 2.46. The smallest absolute Gasteiger partial charge is 0.125 e. The van der Waals surface area contributed by atoms with Crippen LogP contribution < -0.4 is 4.74 Å². The second kappa shape index (κ2) is 6.59. The van der Waals surface area contributed by atoms with Crippen molar-refractivity contribution in [2.45, 2.75) is 25.9 Å². The van der Waals surface area contributed by atoms with E-state index in [9.17, 15) is 5.11 Å². The molecule has 0 saturated heterocycles. The van der Waals surface area contributed by atoms with Gasteiger partial charge in [-0.1, -0.05) is 37.3 Å². The molecule has 0 amide bonds. The summed E-state index contributed by atoms with van der Waals surface area (Å²) in [5, 5.41) is 10.9. The molecule has 1 N–H and O–H groups in total. The van der Waals surface area contributed by atoms with Crippen molar-refractivity contribution in [1.82, 2.24) is 0 Å². The van der Waals surface area contributed by atoms with Crippen LogP contribution in [-0.4, -0.2) is 11.7 Å². The molecular weight excluding hydrogens is 363 g/mol. The summed E-state index contributed by atoms with van der Waals surface area (Å²) in [4.78, 5) is 0. The molecule has 0 radical (unpaired) electrons. The number of ether oxygens (including phenoxy) is 1. The second-order valence-corrected chi connectivity index (χ2v) is 6.17. The fourth-order valence-electron chi connectivity index (χ4n) is 2.14. The van der Waals surface area contributed by atoms with Crippen LogP contribution in [0.4, 0.5) is 0 Å². The Kier molecular flexibility index (Phi) is 5.05. The predicted molar refractivity (Wildman–Crippen MR) is 90.1 cm³/mol. The SMILES string of the molecule is CCCOc1ccccc1C(C)(O)c1ccc(I)cc1. The van der Waals surface area contributed by atoms with Crippen molar-refractivity contribution < 1.29 is 9.84 Å². The van der Waals surface area contributed by atoms with Crippen LogP contribution in [0, 0.1) is 3.57 Å². The molecule has 0 aliphatic carbocycles. The van der Waals surface area contributed by atoms with Gasteiger partial charge < -0.3 is 9.84 Å². The van der Waals surface area contributed by atoms with Gasteiger partial charge in [-0.25, -0.2) is 0 Å². The third kappa shape index (κ3) is 3.33. The van der Waals surface area contributed by atoms with Gasteiger partial charge in [0.2, 0.25) is 0 Å². The molecule has 2 aromatic rings. The Morgan fingerprint density at radius 1 is 1.10 bits per heavy atom. The summed E-state index contributed by atoms with van der Waals surface area (Å²) < 4.78 is 6.91. The van der Waals surface area contributed by atoms with Gasteiger partial charge in [-0.05, 0) is 59.7 Å². The summed E-state index contributed by atoms with van der Waals surface area (Å²) in [5.74, 6) is 0.748. The van der Waals surface area contributed by atoms with E-state index in [-0.39, 0.29) is 0 Å². The molecule has 0 heterocycles. The van der Waals surface area contributed by atoms with Crippen molar-refractivity contribution in [1.29, 1.82) is 0 Å². The monoisotopic (exact) mass is 382 g/mol. The Morgan fingerprint density at radius 3 is 2.40 bits per heavy atom. The van der Waals surface area contributed by atoms with Crippen molar-refractivity contribution >= 4 is 22.6 Å². The lowest BCUT2D eigenvalue weighted by Crippen LogP contribution is -2.23. The fraction of sp³-hybridized carbons (Fsp3) is 0.294. The van der Waals surface area contributed by atoms with Crippen molar-refractivity contribution in [3.8, 4) is 5.75 Å². The lowest BCUT2D eigenvalue weighted by Gasteiger charge is -2.26. The van der Waals surface area contributed by atoms with Gasteiger partial charge in [0.1, 0.15) is 11.4 Å². The molecule has 0 saturated carbocycles. The van der Waals surface area contributed by atoms with E-state index in [1.165, 1.54) is 0 Å². The summed E-state index contributed by atoms with van der Waals surface area (Å²) in [7, 11) is 0. The molecule has 106 valence electrons. The zero-order valence-electron chi connectivity index (χ0n) is 11.8. The quantitative estimate of drug-likeness (QED) is 0.780. The van der Waals surface area contributed by atoms with E-state index in [0.717, 1.165) is 26.9 Å². The van der Waals surface area contributed by atoms with Crippen molar-refractivity contribution in [2.75, 3.05) is 6.61 Å². The minimum Gasteiger partial charge on any atom is -0.493 e. The zero-order valence-corrected chi connectivity index (χ0v) is 13.9. The Labute approximate surface area is 133 Å². The second-order valence-electron chi connectivity index (χ2n) is 4.92. The Morgan fingerprint density at radius 2 is 1.75 bits per heavy atom. The zero-order chi connectivity index (χ0) is 14.6. The highest BCUT2D eigenvalue weighted by Gasteiger charge is 2.28. The topological polar surface area (TPSA) is 29.5 Å². The summed E-state index contributed by atoms with van der Waals surface area (Å²) in [5.41, 5.74) is 0.606. The van der Waals surface area contributed by atoms with Gasteiger partial charge in [0.05, 0.1) is 6.61 Å². The van der Waals surface area contributed by atoms with Crippen LogP contribution >= 0.6 is 22.6 Å². The Balaban J connectivity index is 2.40. The molecule has 3 heteroatoms. The van der Waals surface area contributed by atoms with E-state index in [1.807, 2.05) is 55.5 Å². The van der Waals surface area contributed by atoms with Crippen LogP contribution in [0.5, 0.6) is 5.75 Å². The average molecular weight is 382 g/mol. The van der Waals surface area contributed by atoms with Gasteiger partial charge in [-0.15, -0.1) is 0 Å². The third-order valence-corrected chi connectivity index (χ3v) is 4.00. The van der Waals surface area contributed by atoms with Crippen molar-refractivity contribution in [2.24, 2.45) is 0 Å². The number of hydrogen-bond donors (Lipinski definition) is 1. The molecule has 2 nitrogen and oxygen atoms in total. The van der Waals surface area contributed by atoms with Gasteiger partial charge >= 0.3 is 0 Å². The molecule has 0 aromatic heterocycles. The minimum absolute atomic E-state index is 0.653. The number of rotatable bonds is 5. The van der Waals surface area contributed by atoms with Gasteiger partial charge in [-0.2, -0.15) is 0 Å². The Bertz CT molecular complexity index is 561. The number of halogens is 1. The van der Waals surface area contributed by atoms with Gasteiger partial charge in [-0.3, -0.25) is 0 Å². The van der Waals surface area contributed by atoms with E-state index in [4.69, 9.17) is 4.74 Å². The summed E-state index contributed by atoms with van der Waals surface area (Å²) in [6.45, 7) is 4.53. The van der Waals surface area contributed by atoms with Crippen LogP contribution in [0.2, 0.25) is 0 Å². The van der Waals surface area contributed by atoms with E-state index < -0.39 is 5.60 Å². The number of hydrogen-bond acceptors (Lipinski definition) is 2. The summed E-state index contributed by atoms with van der Waals surface area (Å²) >= 11 is 2.26. The van der Waals surface area contributed by atoms with Crippen LogP contribution in [0.15, 0.2) is 48.5 Å². The van der Waals surface area contributed by atoms with Crippen LogP contribution in [0.25, 0.3) is 0 Å². The molecule has 0 spiro atoms. The lowest BCUT2D eigenvalue weighted by molar-refractivity contribution is 0.0978. The number of aliphatic hydroxyl groups is 1. The summed E-state index contributed by atoms with van der Waals surface area (Å²) in [6, 6.07) is 15.6. The molecule has 2 rings (SSSR count). The molecule has 1 atom stereocenters. The molecule has 0 aliphatic heterocycles. The largest absolute Gasteiger partial charge is 0.493 e. The lowest BCUT2D eigenvalue weighted by atomic mass is 9.87. The molecule has 0 fully saturated rings. The van der Waals surface area contributed by atoms with Crippen molar-refractivity contribution in [3.63, 3.8) is 0 Å². The van der Waals surface area contributed by atoms with Crippen LogP contribution in [0.1, 0.15) is 31.4 Å². The van der Waals surface area contributed by atoms with Crippen molar-refractivity contribution in [3.05, 3.63) is 63.2 Å². The highest BCUT2D eigenvalue weighted by molar-refractivity contribution is 14.1. The normalized spacial score (nSPS) is 13.8. The molecule has 20 heavy (non-hydrogen) atoms. The van der Waals surface area contributed by atoms with E-state index >= 15 is 0 Å². The van der Waals surface area contributed by atoms with Crippen LogP contribution in [-0.2, 0) is 5.60 Å². The van der Waals surface area contributed by atoms with Crippen LogP contribution in [0.3, 0.4) is 0 Å². The molecular formula is C17H19IO2. The molecule has 0 bridgehead atoms.